The van der Waals surface area contributed by atoms with Crippen LogP contribution in [0.15, 0.2) is 46.8 Å². The molecule has 2 rings (SSSR count). The molecule has 0 amide bonds. The minimum atomic E-state index is -0.952. The van der Waals surface area contributed by atoms with Crippen LogP contribution in [-0.2, 0) is 12.0 Å². The maximum absolute atomic E-state index is 10.6. The van der Waals surface area contributed by atoms with Crippen molar-refractivity contribution in [3.8, 4) is 5.75 Å². The number of guanidine groups is 1. The maximum Gasteiger partial charge on any atom is 0.191 e. The molecule has 6 heteroatoms. The van der Waals surface area contributed by atoms with Gasteiger partial charge in [0.05, 0.1) is 13.7 Å². The molecule has 0 fully saturated rings. The second-order valence-corrected chi connectivity index (χ2v) is 6.92. The highest BCUT2D eigenvalue weighted by Crippen LogP contribution is 2.25. The standard InChI is InChI=1S/C19H27N3O2S/c1-4-20-18(22-14-19(2,23)17-6-5-13-25-17)21-12-11-15-7-9-16(24-3)10-8-15/h5-10,13,23H,4,11-12,14H2,1-3H3,(H2,20,21,22). The van der Waals surface area contributed by atoms with Gasteiger partial charge in [-0.15, -0.1) is 11.3 Å². The highest BCUT2D eigenvalue weighted by molar-refractivity contribution is 7.10. The summed E-state index contributed by atoms with van der Waals surface area (Å²) in [7, 11) is 1.67. The normalized spacial score (nSPS) is 14.0. The Morgan fingerprint density at radius 2 is 2.00 bits per heavy atom. The Hall–Kier alpha value is -2.05. The molecule has 1 atom stereocenters. The maximum atomic E-state index is 10.6. The topological polar surface area (TPSA) is 65.9 Å². The third-order valence-corrected chi connectivity index (χ3v) is 4.93. The van der Waals surface area contributed by atoms with Crippen molar-refractivity contribution in [1.82, 2.24) is 10.6 Å². The molecule has 0 radical (unpaired) electrons. The average Bonchev–Trinajstić information content (AvgIpc) is 3.16. The number of aliphatic imine (C=N–C) groups is 1. The van der Waals surface area contributed by atoms with Gasteiger partial charge in [-0.2, -0.15) is 0 Å². The highest BCUT2D eigenvalue weighted by Gasteiger charge is 2.23. The van der Waals surface area contributed by atoms with Crippen LogP contribution in [0.1, 0.15) is 24.3 Å². The molecule has 3 N–H and O–H groups in total. The van der Waals surface area contributed by atoms with E-state index in [4.69, 9.17) is 4.74 Å². The van der Waals surface area contributed by atoms with Gasteiger partial charge in [0.2, 0.25) is 0 Å². The molecule has 0 aliphatic carbocycles. The molecule has 5 nitrogen and oxygen atoms in total. The summed E-state index contributed by atoms with van der Waals surface area (Å²) in [6, 6.07) is 11.9. The molecule has 0 saturated heterocycles. The van der Waals surface area contributed by atoms with Crippen molar-refractivity contribution in [3.05, 3.63) is 52.2 Å². The van der Waals surface area contributed by atoms with E-state index in [1.807, 2.05) is 36.6 Å². The minimum absolute atomic E-state index is 0.311. The Labute approximate surface area is 153 Å². The quantitative estimate of drug-likeness (QED) is 0.500. The number of aliphatic hydroxyl groups is 1. The van der Waals surface area contributed by atoms with E-state index in [1.54, 1.807) is 25.4 Å². The molecule has 2 aromatic rings. The van der Waals surface area contributed by atoms with Crippen LogP contribution in [0.25, 0.3) is 0 Å². The van der Waals surface area contributed by atoms with Crippen molar-refractivity contribution in [2.24, 2.45) is 4.99 Å². The molecule has 136 valence electrons. The lowest BCUT2D eigenvalue weighted by Crippen LogP contribution is -2.39. The predicted octanol–water partition coefficient (Wildman–Crippen LogP) is 2.76. The Balaban J connectivity index is 1.88. The summed E-state index contributed by atoms with van der Waals surface area (Å²) >= 11 is 1.54. The molecule has 1 unspecified atom stereocenters. The summed E-state index contributed by atoms with van der Waals surface area (Å²) in [6.07, 6.45) is 0.885. The van der Waals surface area contributed by atoms with Gasteiger partial charge < -0.3 is 20.5 Å². The van der Waals surface area contributed by atoms with Gasteiger partial charge >= 0.3 is 0 Å². The Morgan fingerprint density at radius 3 is 2.60 bits per heavy atom. The van der Waals surface area contributed by atoms with Gasteiger partial charge in [-0.05, 0) is 49.4 Å². The van der Waals surface area contributed by atoms with E-state index >= 15 is 0 Å². The molecule has 1 aromatic carbocycles. The van der Waals surface area contributed by atoms with Crippen LogP contribution < -0.4 is 15.4 Å². The van der Waals surface area contributed by atoms with Crippen molar-refractivity contribution < 1.29 is 9.84 Å². The molecular weight excluding hydrogens is 334 g/mol. The number of benzene rings is 1. The highest BCUT2D eigenvalue weighted by atomic mass is 32.1. The first-order chi connectivity index (χ1) is 12.0. The third-order valence-electron chi connectivity index (χ3n) is 3.81. The second kappa shape index (κ2) is 9.44. The predicted molar refractivity (Wildman–Crippen MR) is 105 cm³/mol. The van der Waals surface area contributed by atoms with Gasteiger partial charge in [0, 0.05) is 18.0 Å². The van der Waals surface area contributed by atoms with Crippen molar-refractivity contribution in [2.75, 3.05) is 26.7 Å². The van der Waals surface area contributed by atoms with Crippen LogP contribution >= 0.6 is 11.3 Å². The van der Waals surface area contributed by atoms with Crippen LogP contribution in [0.3, 0.4) is 0 Å². The minimum Gasteiger partial charge on any atom is -0.497 e. The van der Waals surface area contributed by atoms with E-state index in [-0.39, 0.29) is 0 Å². The molecule has 25 heavy (non-hydrogen) atoms. The molecule has 1 heterocycles. The number of hydrogen-bond acceptors (Lipinski definition) is 4. The average molecular weight is 362 g/mol. The second-order valence-electron chi connectivity index (χ2n) is 5.97. The van der Waals surface area contributed by atoms with E-state index in [0.29, 0.717) is 12.5 Å². The van der Waals surface area contributed by atoms with Gasteiger partial charge in [0.15, 0.2) is 5.96 Å². The van der Waals surface area contributed by atoms with Crippen molar-refractivity contribution in [2.45, 2.75) is 25.9 Å². The zero-order chi connectivity index (χ0) is 18.1. The summed E-state index contributed by atoms with van der Waals surface area (Å²) < 4.78 is 5.17. The first-order valence-corrected chi connectivity index (χ1v) is 9.34. The van der Waals surface area contributed by atoms with Gasteiger partial charge in [-0.1, -0.05) is 18.2 Å². The third kappa shape index (κ3) is 6.07. The van der Waals surface area contributed by atoms with Crippen LogP contribution in [0.4, 0.5) is 0 Å². The van der Waals surface area contributed by atoms with E-state index < -0.39 is 5.60 Å². The Morgan fingerprint density at radius 1 is 1.24 bits per heavy atom. The largest absolute Gasteiger partial charge is 0.497 e. The van der Waals surface area contributed by atoms with Crippen LogP contribution in [0.2, 0.25) is 0 Å². The Kier molecular flexibility index (Phi) is 7.28. The summed E-state index contributed by atoms with van der Waals surface area (Å²) in [5, 5.41) is 19.1. The molecule has 0 saturated carbocycles. The number of hydrogen-bond donors (Lipinski definition) is 3. The Bertz CT molecular complexity index is 652. The molecular formula is C19H27N3O2S. The molecule has 0 aliphatic rings. The number of rotatable bonds is 8. The molecule has 0 aliphatic heterocycles. The smallest absolute Gasteiger partial charge is 0.191 e. The zero-order valence-electron chi connectivity index (χ0n) is 15.1. The fourth-order valence-electron chi connectivity index (χ4n) is 2.36. The first-order valence-electron chi connectivity index (χ1n) is 8.46. The first kappa shape index (κ1) is 19.3. The summed E-state index contributed by atoms with van der Waals surface area (Å²) in [5.74, 6) is 1.58. The summed E-state index contributed by atoms with van der Waals surface area (Å²) in [6.45, 7) is 5.67. The summed E-state index contributed by atoms with van der Waals surface area (Å²) in [5.41, 5.74) is 0.279. The van der Waals surface area contributed by atoms with Crippen molar-refractivity contribution in [1.29, 1.82) is 0 Å². The molecule has 0 spiro atoms. The lowest BCUT2D eigenvalue weighted by Gasteiger charge is -2.20. The zero-order valence-corrected chi connectivity index (χ0v) is 15.9. The number of nitrogens with zero attached hydrogens (tertiary/aromatic N) is 1. The van der Waals surface area contributed by atoms with E-state index in [1.165, 1.54) is 5.56 Å². The lowest BCUT2D eigenvalue weighted by molar-refractivity contribution is 0.0711. The molecule has 1 aromatic heterocycles. The van der Waals surface area contributed by atoms with Gasteiger partial charge in [-0.25, -0.2) is 4.99 Å². The number of thiophene rings is 1. The van der Waals surface area contributed by atoms with Crippen molar-refractivity contribution in [3.63, 3.8) is 0 Å². The van der Waals surface area contributed by atoms with Gasteiger partial charge in [0.25, 0.3) is 0 Å². The van der Waals surface area contributed by atoms with Crippen molar-refractivity contribution >= 4 is 17.3 Å². The SMILES string of the molecule is CCNC(=NCC(C)(O)c1cccs1)NCCc1ccc(OC)cc1. The lowest BCUT2D eigenvalue weighted by atomic mass is 10.1. The number of methoxy groups -OCH3 is 1. The fourth-order valence-corrected chi connectivity index (χ4v) is 3.13. The van der Waals surface area contributed by atoms with Crippen LogP contribution in [0.5, 0.6) is 5.75 Å². The molecule has 0 bridgehead atoms. The van der Waals surface area contributed by atoms with E-state index in [9.17, 15) is 5.11 Å². The number of ether oxygens (including phenoxy) is 1. The summed E-state index contributed by atoms with van der Waals surface area (Å²) in [4.78, 5) is 5.45. The van der Waals surface area contributed by atoms with Gasteiger partial charge in [-0.3, -0.25) is 0 Å². The monoisotopic (exact) mass is 361 g/mol. The van der Waals surface area contributed by atoms with E-state index in [0.717, 1.165) is 30.1 Å². The van der Waals surface area contributed by atoms with E-state index in [2.05, 4.69) is 27.8 Å². The van der Waals surface area contributed by atoms with Gasteiger partial charge in [0.1, 0.15) is 11.4 Å². The fraction of sp³-hybridized carbons (Fsp3) is 0.421. The van der Waals surface area contributed by atoms with Crippen LogP contribution in [-0.4, -0.2) is 37.8 Å². The number of nitrogens with one attached hydrogen (secondary N) is 2. The van der Waals surface area contributed by atoms with Crippen LogP contribution in [0, 0.1) is 0 Å².